The Morgan fingerprint density at radius 3 is 1.88 bits per heavy atom. The maximum atomic E-state index is 11.8. The lowest BCUT2D eigenvalue weighted by Gasteiger charge is -2.21. The lowest BCUT2D eigenvalue weighted by atomic mass is 10.1. The molecule has 0 radical (unpaired) electrons. The normalized spacial score (nSPS) is 11.6. The third-order valence-electron chi connectivity index (χ3n) is 6.37. The molecule has 0 bridgehead atoms. The number of hydrogen-bond acceptors (Lipinski definition) is 10. The lowest BCUT2D eigenvalue weighted by molar-refractivity contribution is 0.280. The smallest absolute Gasteiger partial charge is 0.295 e. The second kappa shape index (κ2) is 13.5. The van der Waals surface area contributed by atoms with E-state index in [1.807, 2.05) is 56.3 Å². The molecule has 0 saturated carbocycles. The van der Waals surface area contributed by atoms with E-state index < -0.39 is 10.1 Å². The fraction of sp³-hybridized carbons (Fsp3) is 0.233. The minimum Gasteiger partial charge on any atom is -0.395 e. The van der Waals surface area contributed by atoms with Gasteiger partial charge in [0.25, 0.3) is 10.1 Å². The van der Waals surface area contributed by atoms with Gasteiger partial charge in [-0.1, -0.05) is 48.0 Å². The molecule has 0 saturated heterocycles. The Kier molecular flexibility index (Phi) is 9.86. The average Bonchev–Trinajstić information content (AvgIpc) is 2.94. The van der Waals surface area contributed by atoms with E-state index in [2.05, 4.69) is 25.6 Å². The van der Waals surface area contributed by atoms with Gasteiger partial charge in [-0.25, -0.2) is 0 Å². The number of nitrogens with one attached hydrogen (secondary N) is 2. The standard InChI is InChI=1S/C30H34N6O5S/c1-20-5-11-25(12-6-20)31-28-33-29(35-30(34-28)36(14-16-37)15-17-38)32-26-13-10-23(22(3)19-26)8-9-24-7-4-21(2)18-27(24)42(39,40)41/h4-13,18-19,37-38H,14-17H2,1-3H3,(H,39,40,41)(H2,31,32,33,34,35). The summed E-state index contributed by atoms with van der Waals surface area (Å²) >= 11 is 0. The van der Waals surface area contributed by atoms with Crippen molar-refractivity contribution in [3.8, 4) is 0 Å². The number of benzene rings is 3. The minimum absolute atomic E-state index is 0.141. The van der Waals surface area contributed by atoms with E-state index in [9.17, 15) is 23.2 Å². The molecule has 5 N–H and O–H groups in total. The highest BCUT2D eigenvalue weighted by molar-refractivity contribution is 7.86. The molecule has 0 amide bonds. The molecule has 0 atom stereocenters. The van der Waals surface area contributed by atoms with Crippen LogP contribution in [-0.2, 0) is 10.1 Å². The van der Waals surface area contributed by atoms with Crippen LogP contribution >= 0.6 is 0 Å². The van der Waals surface area contributed by atoms with Gasteiger partial charge in [-0.3, -0.25) is 4.55 Å². The Hall–Kier alpha value is -4.36. The second-order valence-electron chi connectivity index (χ2n) is 9.75. The van der Waals surface area contributed by atoms with Crippen molar-refractivity contribution in [3.05, 3.63) is 88.5 Å². The van der Waals surface area contributed by atoms with Crippen molar-refractivity contribution < 1.29 is 23.2 Å². The average molecular weight is 591 g/mol. The number of hydrogen-bond donors (Lipinski definition) is 5. The van der Waals surface area contributed by atoms with E-state index in [0.717, 1.165) is 27.9 Å². The summed E-state index contributed by atoms with van der Waals surface area (Å²) in [6.07, 6.45) is 3.43. The maximum absolute atomic E-state index is 11.8. The van der Waals surface area contributed by atoms with Crippen molar-refractivity contribution in [3.63, 3.8) is 0 Å². The molecule has 0 aliphatic heterocycles. The Labute approximate surface area is 245 Å². The summed E-state index contributed by atoms with van der Waals surface area (Å²) < 4.78 is 33.3. The molecule has 3 aromatic carbocycles. The zero-order valence-electron chi connectivity index (χ0n) is 23.6. The number of rotatable bonds is 12. The molecule has 4 rings (SSSR count). The number of aryl methyl sites for hydroxylation is 3. The highest BCUT2D eigenvalue weighted by atomic mass is 32.2. The van der Waals surface area contributed by atoms with Gasteiger partial charge in [0.2, 0.25) is 17.8 Å². The van der Waals surface area contributed by atoms with E-state index in [1.54, 1.807) is 36.1 Å². The van der Waals surface area contributed by atoms with Crippen LogP contribution < -0.4 is 15.5 Å². The van der Waals surface area contributed by atoms with Crippen LogP contribution in [0.25, 0.3) is 12.2 Å². The van der Waals surface area contributed by atoms with Crippen molar-refractivity contribution in [1.82, 2.24) is 15.0 Å². The number of aliphatic hydroxyl groups excluding tert-OH is 2. The summed E-state index contributed by atoms with van der Waals surface area (Å²) in [5, 5.41) is 25.4. The molecule has 0 spiro atoms. The number of anilines is 5. The molecule has 0 aliphatic carbocycles. The first kappa shape index (κ1) is 30.6. The quantitative estimate of drug-likeness (QED) is 0.117. The summed E-state index contributed by atoms with van der Waals surface area (Å²) in [5.74, 6) is 0.834. The molecule has 0 aliphatic rings. The van der Waals surface area contributed by atoms with Crippen LogP contribution in [0.5, 0.6) is 0 Å². The molecule has 1 aromatic heterocycles. The van der Waals surface area contributed by atoms with Gasteiger partial charge >= 0.3 is 0 Å². The van der Waals surface area contributed by atoms with E-state index in [0.29, 0.717) is 11.3 Å². The van der Waals surface area contributed by atoms with Crippen LogP contribution in [0.3, 0.4) is 0 Å². The molecule has 220 valence electrons. The van der Waals surface area contributed by atoms with Gasteiger partial charge in [-0.05, 0) is 73.4 Å². The topological polar surface area (TPSA) is 161 Å². The molecule has 0 unspecified atom stereocenters. The van der Waals surface area contributed by atoms with Gasteiger partial charge in [-0.15, -0.1) is 0 Å². The van der Waals surface area contributed by atoms with Gasteiger partial charge in [-0.2, -0.15) is 23.4 Å². The summed E-state index contributed by atoms with van der Waals surface area (Å²) in [4.78, 5) is 15.1. The summed E-state index contributed by atoms with van der Waals surface area (Å²) in [5.41, 5.74) is 5.45. The zero-order chi connectivity index (χ0) is 30.3. The molecule has 0 fully saturated rings. The summed E-state index contributed by atoms with van der Waals surface area (Å²) in [6, 6.07) is 18.2. The largest absolute Gasteiger partial charge is 0.395 e. The highest BCUT2D eigenvalue weighted by Gasteiger charge is 2.15. The molecule has 42 heavy (non-hydrogen) atoms. The predicted octanol–water partition coefficient (Wildman–Crippen LogP) is 4.49. The number of nitrogens with zero attached hydrogens (tertiary/aromatic N) is 4. The van der Waals surface area contributed by atoms with Gasteiger partial charge in [0.1, 0.15) is 4.90 Å². The monoisotopic (exact) mass is 590 g/mol. The van der Waals surface area contributed by atoms with Crippen molar-refractivity contribution in [1.29, 1.82) is 0 Å². The van der Waals surface area contributed by atoms with E-state index in [1.165, 1.54) is 6.07 Å². The first-order chi connectivity index (χ1) is 20.0. The molecule has 1 heterocycles. The van der Waals surface area contributed by atoms with Gasteiger partial charge in [0.15, 0.2) is 0 Å². The Balaban J connectivity index is 1.62. The molecule has 4 aromatic rings. The van der Waals surface area contributed by atoms with Crippen LogP contribution in [0.15, 0.2) is 65.6 Å². The Morgan fingerprint density at radius 1 is 0.738 bits per heavy atom. The van der Waals surface area contributed by atoms with Crippen molar-refractivity contribution in [2.45, 2.75) is 25.7 Å². The van der Waals surface area contributed by atoms with Crippen molar-refractivity contribution in [2.24, 2.45) is 0 Å². The van der Waals surface area contributed by atoms with Gasteiger partial charge < -0.3 is 25.7 Å². The predicted molar refractivity (Wildman–Crippen MR) is 165 cm³/mol. The zero-order valence-corrected chi connectivity index (χ0v) is 24.4. The third kappa shape index (κ3) is 8.10. The van der Waals surface area contributed by atoms with Crippen molar-refractivity contribution in [2.75, 3.05) is 41.8 Å². The van der Waals surface area contributed by atoms with Crippen LogP contribution in [-0.4, -0.2) is 64.4 Å². The molecule has 11 nitrogen and oxygen atoms in total. The molecular formula is C30H34N6O5S. The third-order valence-corrected chi connectivity index (χ3v) is 7.28. The Bertz CT molecular complexity index is 1670. The van der Waals surface area contributed by atoms with Crippen LogP contribution in [0.1, 0.15) is 27.8 Å². The summed E-state index contributed by atoms with van der Waals surface area (Å²) in [7, 11) is -4.37. The first-order valence-corrected chi connectivity index (χ1v) is 14.7. The van der Waals surface area contributed by atoms with E-state index in [-0.39, 0.29) is 49.0 Å². The van der Waals surface area contributed by atoms with Crippen LogP contribution in [0, 0.1) is 20.8 Å². The van der Waals surface area contributed by atoms with E-state index in [4.69, 9.17) is 0 Å². The fourth-order valence-corrected chi connectivity index (χ4v) is 4.96. The van der Waals surface area contributed by atoms with Crippen LogP contribution in [0.2, 0.25) is 0 Å². The summed E-state index contributed by atoms with van der Waals surface area (Å²) in [6.45, 7) is 5.85. The number of aromatic nitrogens is 3. The van der Waals surface area contributed by atoms with Gasteiger partial charge in [0, 0.05) is 24.5 Å². The second-order valence-corrected chi connectivity index (χ2v) is 11.1. The van der Waals surface area contributed by atoms with Gasteiger partial charge in [0.05, 0.1) is 13.2 Å². The molecular weight excluding hydrogens is 556 g/mol. The SMILES string of the molecule is Cc1ccc(Nc2nc(Nc3ccc(C=Cc4ccc(C)cc4S(=O)(=O)O)c(C)c3)nc(N(CCO)CCO)n2)cc1. The minimum atomic E-state index is -4.37. The first-order valence-electron chi connectivity index (χ1n) is 13.3. The van der Waals surface area contributed by atoms with E-state index >= 15 is 0 Å². The number of aliphatic hydroxyl groups is 2. The fourth-order valence-electron chi connectivity index (χ4n) is 4.19. The van der Waals surface area contributed by atoms with Crippen LogP contribution in [0.4, 0.5) is 29.2 Å². The highest BCUT2D eigenvalue weighted by Crippen LogP contribution is 2.25. The Morgan fingerprint density at radius 2 is 1.29 bits per heavy atom. The molecule has 12 heteroatoms. The lowest BCUT2D eigenvalue weighted by Crippen LogP contribution is -2.31. The maximum Gasteiger partial charge on any atom is 0.295 e. The van der Waals surface area contributed by atoms with Crippen molar-refractivity contribution >= 4 is 51.5 Å².